The minimum Gasteiger partial charge on any atom is -0.439 e. The quantitative estimate of drug-likeness (QED) is 0.752. The first-order chi connectivity index (χ1) is 10.7. The van der Waals surface area contributed by atoms with Gasteiger partial charge < -0.3 is 4.74 Å². The van der Waals surface area contributed by atoms with E-state index in [-0.39, 0.29) is 18.0 Å². The second-order valence-electron chi connectivity index (χ2n) is 5.25. The predicted molar refractivity (Wildman–Crippen MR) is 85.1 cm³/mol. The van der Waals surface area contributed by atoms with Crippen LogP contribution in [0.1, 0.15) is 22.8 Å². The summed E-state index contributed by atoms with van der Waals surface area (Å²) in [5.41, 5.74) is 3.06. The van der Waals surface area contributed by atoms with Crippen LogP contribution in [-0.4, -0.2) is 17.5 Å². The summed E-state index contributed by atoms with van der Waals surface area (Å²) < 4.78 is 18.3. The Labute approximate surface area is 136 Å². The normalized spacial score (nSPS) is 17.6. The fraction of sp³-hybridized carbons (Fsp3) is 0.235. The molecule has 2 aromatic rings. The maximum atomic E-state index is 13.0. The van der Waals surface area contributed by atoms with Crippen LogP contribution in [0, 0.1) is 5.82 Å². The van der Waals surface area contributed by atoms with E-state index in [9.17, 15) is 9.18 Å². The lowest BCUT2D eigenvalue weighted by atomic mass is 10.1. The summed E-state index contributed by atoms with van der Waals surface area (Å²) in [6.07, 6.45) is -0.672. The fourth-order valence-corrected chi connectivity index (χ4v) is 2.82. The number of hydrogen-bond acceptors (Lipinski definition) is 2. The lowest BCUT2D eigenvalue weighted by molar-refractivity contribution is 0.132. The van der Waals surface area contributed by atoms with Crippen LogP contribution in [0.15, 0.2) is 48.5 Å². The van der Waals surface area contributed by atoms with Crippen molar-refractivity contribution in [2.75, 3.05) is 6.54 Å². The molecule has 3 nitrogen and oxygen atoms in total. The van der Waals surface area contributed by atoms with Gasteiger partial charge in [0.05, 0.1) is 6.54 Å². The van der Waals surface area contributed by atoms with Gasteiger partial charge in [0.15, 0.2) is 0 Å². The predicted octanol–water partition coefficient (Wildman–Crippen LogP) is 4.41. The van der Waals surface area contributed by atoms with Crippen molar-refractivity contribution in [3.63, 3.8) is 0 Å². The number of carbonyl (C=O) groups excluding carboxylic acids is 1. The third kappa shape index (κ3) is 3.30. The third-order valence-corrected chi connectivity index (χ3v) is 4.33. The van der Waals surface area contributed by atoms with E-state index in [2.05, 4.69) is 15.9 Å². The van der Waals surface area contributed by atoms with Crippen molar-refractivity contribution in [3.8, 4) is 0 Å². The number of benzene rings is 2. The summed E-state index contributed by atoms with van der Waals surface area (Å²) >= 11 is 3.41. The van der Waals surface area contributed by atoms with Crippen molar-refractivity contribution in [1.82, 2.24) is 4.90 Å². The molecule has 1 heterocycles. The molecule has 0 unspecified atom stereocenters. The van der Waals surface area contributed by atoms with Crippen molar-refractivity contribution < 1.29 is 13.9 Å². The van der Waals surface area contributed by atoms with Crippen molar-refractivity contribution in [3.05, 3.63) is 71.0 Å². The van der Waals surface area contributed by atoms with Crippen LogP contribution in [0.5, 0.6) is 0 Å². The molecule has 1 saturated heterocycles. The maximum absolute atomic E-state index is 13.0. The van der Waals surface area contributed by atoms with E-state index in [1.54, 1.807) is 17.0 Å². The highest BCUT2D eigenvalue weighted by Gasteiger charge is 2.32. The summed E-state index contributed by atoms with van der Waals surface area (Å²) in [5.74, 6) is -0.295. The molecule has 2 aromatic carbocycles. The Balaban J connectivity index is 1.67. The largest absolute Gasteiger partial charge is 0.439 e. The molecule has 1 fully saturated rings. The lowest BCUT2D eigenvalue weighted by Gasteiger charge is -2.13. The zero-order valence-corrected chi connectivity index (χ0v) is 13.4. The number of alkyl halides is 1. The molecular weight excluding hydrogens is 349 g/mol. The monoisotopic (exact) mass is 363 g/mol. The molecule has 0 radical (unpaired) electrons. The third-order valence-electron chi connectivity index (χ3n) is 3.68. The molecule has 1 atom stereocenters. The Bertz CT molecular complexity index is 657. The highest BCUT2D eigenvalue weighted by molar-refractivity contribution is 9.08. The van der Waals surface area contributed by atoms with E-state index in [1.165, 1.54) is 17.7 Å². The molecule has 22 heavy (non-hydrogen) atoms. The van der Waals surface area contributed by atoms with Crippen LogP contribution in [0.25, 0.3) is 0 Å². The van der Waals surface area contributed by atoms with Crippen molar-refractivity contribution in [1.29, 1.82) is 0 Å². The number of hydrogen-bond donors (Lipinski definition) is 0. The molecule has 0 aliphatic carbocycles. The van der Waals surface area contributed by atoms with Crippen LogP contribution >= 0.6 is 15.9 Å². The molecule has 0 bridgehead atoms. The second kappa shape index (κ2) is 6.48. The molecule has 114 valence electrons. The number of cyclic esters (lactones) is 1. The van der Waals surface area contributed by atoms with E-state index in [0.717, 1.165) is 16.5 Å². The van der Waals surface area contributed by atoms with E-state index in [1.807, 2.05) is 24.3 Å². The lowest BCUT2D eigenvalue weighted by Crippen LogP contribution is -2.23. The Kier molecular flexibility index (Phi) is 4.43. The van der Waals surface area contributed by atoms with Gasteiger partial charge in [0.25, 0.3) is 0 Å². The smallest absolute Gasteiger partial charge is 0.410 e. The van der Waals surface area contributed by atoms with Gasteiger partial charge in [-0.15, -0.1) is 0 Å². The van der Waals surface area contributed by atoms with Gasteiger partial charge >= 0.3 is 6.09 Å². The number of ether oxygens (including phenoxy) is 1. The Morgan fingerprint density at radius 1 is 1.09 bits per heavy atom. The van der Waals surface area contributed by atoms with Gasteiger partial charge in [-0.05, 0) is 28.8 Å². The number of amides is 1. The Morgan fingerprint density at radius 2 is 1.73 bits per heavy atom. The number of carbonyl (C=O) groups is 1. The number of halogens is 2. The molecule has 0 aromatic heterocycles. The summed E-state index contributed by atoms with van der Waals surface area (Å²) in [6, 6.07) is 14.1. The van der Waals surface area contributed by atoms with Crippen LogP contribution in [0.2, 0.25) is 0 Å². The zero-order chi connectivity index (χ0) is 15.5. The number of rotatable bonds is 4. The van der Waals surface area contributed by atoms with Crippen LogP contribution in [0.4, 0.5) is 9.18 Å². The van der Waals surface area contributed by atoms with E-state index in [4.69, 9.17) is 4.74 Å². The van der Waals surface area contributed by atoms with Gasteiger partial charge in [-0.2, -0.15) is 0 Å². The van der Waals surface area contributed by atoms with Gasteiger partial charge in [0.2, 0.25) is 0 Å². The standard InChI is InChI=1S/C17H15BrFNO2/c18-9-12-1-3-13(4-2-12)10-20-11-16(22-17(20)21)14-5-7-15(19)8-6-14/h1-8,16H,9-11H2/t16-/m0/s1. The topological polar surface area (TPSA) is 29.5 Å². The highest BCUT2D eigenvalue weighted by atomic mass is 79.9. The SMILES string of the molecule is O=C1O[C@H](c2ccc(F)cc2)CN1Cc1ccc(CBr)cc1. The molecule has 0 spiro atoms. The van der Waals surface area contributed by atoms with Gasteiger partial charge in [-0.1, -0.05) is 52.3 Å². The van der Waals surface area contributed by atoms with Gasteiger partial charge in [0, 0.05) is 11.9 Å². The average molecular weight is 364 g/mol. The molecular formula is C17H15BrFNO2. The summed E-state index contributed by atoms with van der Waals surface area (Å²) in [4.78, 5) is 13.6. The highest BCUT2D eigenvalue weighted by Crippen LogP contribution is 2.27. The molecule has 1 amide bonds. The maximum Gasteiger partial charge on any atom is 0.410 e. The van der Waals surface area contributed by atoms with Crippen molar-refractivity contribution >= 4 is 22.0 Å². The molecule has 5 heteroatoms. The summed E-state index contributed by atoms with van der Waals surface area (Å²) in [6.45, 7) is 0.990. The minimum atomic E-state index is -0.338. The first kappa shape index (κ1) is 15.0. The minimum absolute atomic E-state index is 0.295. The average Bonchev–Trinajstić information content (AvgIpc) is 2.90. The van der Waals surface area contributed by atoms with Crippen molar-refractivity contribution in [2.45, 2.75) is 18.0 Å². The summed E-state index contributed by atoms with van der Waals surface area (Å²) in [7, 11) is 0. The molecule has 3 rings (SSSR count). The van der Waals surface area contributed by atoms with Crippen LogP contribution < -0.4 is 0 Å². The van der Waals surface area contributed by atoms with Crippen LogP contribution in [0.3, 0.4) is 0 Å². The Hall–Kier alpha value is -1.88. The summed E-state index contributed by atoms with van der Waals surface area (Å²) in [5, 5.41) is 0.811. The zero-order valence-electron chi connectivity index (χ0n) is 11.8. The van der Waals surface area contributed by atoms with E-state index >= 15 is 0 Å². The van der Waals surface area contributed by atoms with Gasteiger partial charge in [0.1, 0.15) is 11.9 Å². The Morgan fingerprint density at radius 3 is 2.36 bits per heavy atom. The first-order valence-electron chi connectivity index (χ1n) is 7.00. The number of nitrogens with zero attached hydrogens (tertiary/aromatic N) is 1. The molecule has 1 aliphatic heterocycles. The van der Waals surface area contributed by atoms with E-state index < -0.39 is 0 Å². The van der Waals surface area contributed by atoms with Gasteiger partial charge in [-0.25, -0.2) is 9.18 Å². The molecule has 0 saturated carbocycles. The molecule has 0 N–H and O–H groups in total. The molecule has 1 aliphatic rings. The fourth-order valence-electron chi connectivity index (χ4n) is 2.44. The van der Waals surface area contributed by atoms with Crippen molar-refractivity contribution in [2.24, 2.45) is 0 Å². The van der Waals surface area contributed by atoms with E-state index in [0.29, 0.717) is 13.1 Å². The van der Waals surface area contributed by atoms with Gasteiger partial charge in [-0.3, -0.25) is 4.90 Å². The second-order valence-corrected chi connectivity index (χ2v) is 5.82. The first-order valence-corrected chi connectivity index (χ1v) is 8.12. The van der Waals surface area contributed by atoms with Crippen LogP contribution in [-0.2, 0) is 16.6 Å².